The Bertz CT molecular complexity index is 273. The fourth-order valence-corrected chi connectivity index (χ4v) is 1.76. The molecule has 0 bridgehead atoms. The average Bonchev–Trinajstić information content (AvgIpc) is 2.52. The monoisotopic (exact) mass is 233 g/mol. The Morgan fingerprint density at radius 1 is 1.43 bits per heavy atom. The van der Waals surface area contributed by atoms with Gasteiger partial charge < -0.3 is 5.32 Å². The summed E-state index contributed by atoms with van der Waals surface area (Å²) in [5.41, 5.74) is 0. The lowest BCUT2D eigenvalue weighted by Gasteiger charge is -2.02. The summed E-state index contributed by atoms with van der Waals surface area (Å²) < 4.78 is 4.25. The van der Waals surface area contributed by atoms with Gasteiger partial charge in [0.15, 0.2) is 0 Å². The molecular weight excluding hydrogens is 218 g/mol. The molecule has 0 aliphatic heterocycles. The maximum atomic E-state index is 5.83. The van der Waals surface area contributed by atoms with Crippen LogP contribution in [-0.4, -0.2) is 21.3 Å². The molecule has 80 valence electrons. The highest BCUT2D eigenvalue weighted by Crippen LogP contribution is 2.17. The van der Waals surface area contributed by atoms with E-state index in [1.165, 1.54) is 11.5 Å². The quantitative estimate of drug-likeness (QED) is 0.795. The molecule has 14 heavy (non-hydrogen) atoms. The minimum Gasteiger partial charge on any atom is -0.360 e. The first-order valence-corrected chi connectivity index (χ1v) is 6.02. The molecule has 1 aromatic heterocycles. The van der Waals surface area contributed by atoms with E-state index >= 15 is 0 Å². The highest BCUT2D eigenvalue weighted by atomic mass is 35.5. The molecule has 0 radical (unpaired) electrons. The smallest absolute Gasteiger partial charge is 0.202 e. The topological polar surface area (TPSA) is 37.8 Å². The van der Waals surface area contributed by atoms with E-state index in [1.807, 2.05) is 6.92 Å². The van der Waals surface area contributed by atoms with Crippen molar-refractivity contribution in [2.45, 2.75) is 38.5 Å². The van der Waals surface area contributed by atoms with Crippen molar-refractivity contribution < 1.29 is 0 Å². The Kier molecular flexibility index (Phi) is 4.62. The molecule has 1 N–H and O–H groups in total. The van der Waals surface area contributed by atoms with Gasteiger partial charge in [-0.3, -0.25) is 0 Å². The predicted octanol–water partition coefficient (Wildman–Crippen LogP) is 3.09. The van der Waals surface area contributed by atoms with Crippen LogP contribution >= 0.6 is 23.1 Å². The molecule has 0 saturated heterocycles. The highest BCUT2D eigenvalue weighted by Gasteiger charge is 2.06. The second-order valence-electron chi connectivity index (χ2n) is 3.61. The number of hydrogen-bond donors (Lipinski definition) is 1. The summed E-state index contributed by atoms with van der Waals surface area (Å²) in [5.74, 6) is 1.31. The van der Waals surface area contributed by atoms with Crippen molar-refractivity contribution in [1.29, 1.82) is 0 Å². The zero-order valence-electron chi connectivity index (χ0n) is 8.75. The van der Waals surface area contributed by atoms with E-state index in [1.54, 1.807) is 0 Å². The summed E-state index contributed by atoms with van der Waals surface area (Å²) in [4.78, 5) is 4.36. The molecule has 1 heterocycles. The normalized spacial score (nSPS) is 13.2. The molecule has 0 saturated carbocycles. The molecule has 0 aliphatic rings. The van der Waals surface area contributed by atoms with Crippen LogP contribution < -0.4 is 5.32 Å². The molecule has 1 aromatic rings. The summed E-state index contributed by atoms with van der Waals surface area (Å²) in [6, 6.07) is 0. The van der Waals surface area contributed by atoms with Crippen LogP contribution in [0.15, 0.2) is 0 Å². The van der Waals surface area contributed by atoms with E-state index in [4.69, 9.17) is 11.6 Å². The van der Waals surface area contributed by atoms with Gasteiger partial charge >= 0.3 is 0 Å². The van der Waals surface area contributed by atoms with E-state index in [-0.39, 0.29) is 5.38 Å². The molecule has 1 atom stereocenters. The van der Waals surface area contributed by atoms with Crippen LogP contribution in [0.25, 0.3) is 0 Å². The first kappa shape index (κ1) is 11.7. The molecule has 0 aliphatic carbocycles. The van der Waals surface area contributed by atoms with Crippen molar-refractivity contribution in [2.24, 2.45) is 0 Å². The summed E-state index contributed by atoms with van der Waals surface area (Å²) in [6.07, 6.45) is 0.943. The number of nitrogens with zero attached hydrogens (tertiary/aromatic N) is 2. The van der Waals surface area contributed by atoms with Gasteiger partial charge in [0.25, 0.3) is 0 Å². The van der Waals surface area contributed by atoms with Crippen LogP contribution in [-0.2, 0) is 0 Å². The number of aromatic nitrogens is 2. The fourth-order valence-electron chi connectivity index (χ4n) is 0.919. The third kappa shape index (κ3) is 3.80. The van der Waals surface area contributed by atoms with Crippen LogP contribution in [0.2, 0.25) is 0 Å². The second-order valence-corrected chi connectivity index (χ2v) is 5.11. The van der Waals surface area contributed by atoms with Gasteiger partial charge in [0.2, 0.25) is 5.13 Å². The SMILES string of the molecule is CC(Cl)CCNc1nc(C(C)C)ns1. The zero-order valence-corrected chi connectivity index (χ0v) is 10.3. The lowest BCUT2D eigenvalue weighted by molar-refractivity contribution is 0.796. The van der Waals surface area contributed by atoms with Crippen molar-refractivity contribution >= 4 is 28.3 Å². The van der Waals surface area contributed by atoms with Crippen LogP contribution in [0.4, 0.5) is 5.13 Å². The number of alkyl halides is 1. The van der Waals surface area contributed by atoms with Crippen LogP contribution in [0, 0.1) is 0 Å². The van der Waals surface area contributed by atoms with Crippen LogP contribution in [0.3, 0.4) is 0 Å². The number of anilines is 1. The molecule has 0 fully saturated rings. The number of hydrogen-bond acceptors (Lipinski definition) is 4. The molecular formula is C9H16ClN3S. The third-order valence-corrected chi connectivity index (χ3v) is 2.68. The Morgan fingerprint density at radius 3 is 2.64 bits per heavy atom. The van der Waals surface area contributed by atoms with Crippen molar-refractivity contribution in [3.63, 3.8) is 0 Å². The Hall–Kier alpha value is -0.350. The Balaban J connectivity index is 2.36. The third-order valence-electron chi connectivity index (χ3n) is 1.78. The Morgan fingerprint density at radius 2 is 2.14 bits per heavy atom. The van der Waals surface area contributed by atoms with Gasteiger partial charge in [-0.25, -0.2) is 4.98 Å². The van der Waals surface area contributed by atoms with E-state index in [0.717, 1.165) is 23.9 Å². The fraction of sp³-hybridized carbons (Fsp3) is 0.778. The van der Waals surface area contributed by atoms with E-state index in [0.29, 0.717) is 5.92 Å². The number of rotatable bonds is 5. The zero-order chi connectivity index (χ0) is 10.6. The van der Waals surface area contributed by atoms with Gasteiger partial charge in [-0.05, 0) is 13.3 Å². The van der Waals surface area contributed by atoms with Gasteiger partial charge in [0.1, 0.15) is 5.82 Å². The summed E-state index contributed by atoms with van der Waals surface area (Å²) in [6.45, 7) is 7.03. The summed E-state index contributed by atoms with van der Waals surface area (Å²) in [7, 11) is 0. The van der Waals surface area contributed by atoms with Crippen molar-refractivity contribution in [3.8, 4) is 0 Å². The first-order valence-electron chi connectivity index (χ1n) is 4.81. The molecule has 3 nitrogen and oxygen atoms in total. The molecule has 0 aromatic carbocycles. The van der Waals surface area contributed by atoms with Gasteiger partial charge in [-0.1, -0.05) is 13.8 Å². The van der Waals surface area contributed by atoms with Gasteiger partial charge in [0.05, 0.1) is 0 Å². The minimum atomic E-state index is 0.208. The van der Waals surface area contributed by atoms with E-state index in [9.17, 15) is 0 Å². The summed E-state index contributed by atoms with van der Waals surface area (Å²) >= 11 is 7.24. The molecule has 0 amide bonds. The van der Waals surface area contributed by atoms with E-state index < -0.39 is 0 Å². The van der Waals surface area contributed by atoms with Gasteiger partial charge in [-0.15, -0.1) is 11.6 Å². The molecule has 5 heteroatoms. The second kappa shape index (κ2) is 5.51. The van der Waals surface area contributed by atoms with Crippen molar-refractivity contribution in [3.05, 3.63) is 5.82 Å². The van der Waals surface area contributed by atoms with Crippen LogP contribution in [0.5, 0.6) is 0 Å². The predicted molar refractivity (Wildman–Crippen MR) is 62.4 cm³/mol. The molecule has 0 spiro atoms. The molecule has 1 unspecified atom stereocenters. The Labute approximate surface area is 94.1 Å². The molecule has 1 rings (SSSR count). The number of halogens is 1. The first-order chi connectivity index (χ1) is 6.59. The van der Waals surface area contributed by atoms with Gasteiger partial charge in [-0.2, -0.15) is 4.37 Å². The average molecular weight is 234 g/mol. The standard InChI is InChI=1S/C9H16ClN3S/c1-6(2)8-12-9(14-13-8)11-5-4-7(3)10/h6-7H,4-5H2,1-3H3,(H,11,12,13). The number of nitrogens with one attached hydrogen (secondary N) is 1. The highest BCUT2D eigenvalue weighted by molar-refractivity contribution is 7.09. The van der Waals surface area contributed by atoms with E-state index in [2.05, 4.69) is 28.5 Å². The maximum absolute atomic E-state index is 5.83. The van der Waals surface area contributed by atoms with Crippen molar-refractivity contribution in [1.82, 2.24) is 9.36 Å². The maximum Gasteiger partial charge on any atom is 0.202 e. The van der Waals surface area contributed by atoms with Crippen LogP contribution in [0.1, 0.15) is 38.9 Å². The summed E-state index contributed by atoms with van der Waals surface area (Å²) in [5, 5.41) is 4.31. The lowest BCUT2D eigenvalue weighted by Crippen LogP contribution is -2.06. The largest absolute Gasteiger partial charge is 0.360 e. The minimum absolute atomic E-state index is 0.208. The lowest BCUT2D eigenvalue weighted by atomic mass is 10.2. The van der Waals surface area contributed by atoms with Gasteiger partial charge in [0, 0.05) is 29.4 Å². The van der Waals surface area contributed by atoms with Crippen molar-refractivity contribution in [2.75, 3.05) is 11.9 Å².